The van der Waals surface area contributed by atoms with Gasteiger partial charge in [0.25, 0.3) is 0 Å². The molecule has 0 bridgehead atoms. The second kappa shape index (κ2) is 4.29. The zero-order chi connectivity index (χ0) is 7.33. The van der Waals surface area contributed by atoms with Crippen molar-refractivity contribution in [2.45, 2.75) is 5.60 Å². The van der Waals surface area contributed by atoms with Crippen LogP contribution in [0.2, 0.25) is 0 Å². The minimum absolute atomic E-state index is 0.227. The first-order chi connectivity index (χ1) is 4.18. The van der Waals surface area contributed by atoms with Crippen LogP contribution in [0, 0.1) is 0 Å². The van der Waals surface area contributed by atoms with Gasteiger partial charge < -0.3 is 14.2 Å². The quantitative estimate of drug-likeness (QED) is 0.360. The van der Waals surface area contributed by atoms with Gasteiger partial charge in [0, 0.05) is 14.2 Å². The molecular weight excluding hydrogens is 156 g/mol. The van der Waals surface area contributed by atoms with E-state index >= 15 is 0 Å². The van der Waals surface area contributed by atoms with Crippen LogP contribution in [0.4, 0.5) is 0 Å². The first-order valence-corrected chi connectivity index (χ1v) is 3.42. The van der Waals surface area contributed by atoms with Crippen molar-refractivity contribution >= 4 is 22.9 Å². The summed E-state index contributed by atoms with van der Waals surface area (Å²) in [7, 11) is 5.99. The Morgan fingerprint density at radius 1 is 1.44 bits per heavy atom. The summed E-state index contributed by atoms with van der Waals surface area (Å²) in [5, 5.41) is 0. The van der Waals surface area contributed by atoms with Crippen molar-refractivity contribution in [3.05, 3.63) is 0 Å². The van der Waals surface area contributed by atoms with Gasteiger partial charge >= 0.3 is 0 Å². The molecule has 0 aromatic rings. The maximum absolute atomic E-state index is 4.86. The van der Waals surface area contributed by atoms with E-state index in [0.29, 0.717) is 0 Å². The van der Waals surface area contributed by atoms with Crippen molar-refractivity contribution in [1.29, 1.82) is 0 Å². The molecule has 3 radical (unpaired) electrons. The molecule has 0 aliphatic rings. The first-order valence-electron chi connectivity index (χ1n) is 2.28. The van der Waals surface area contributed by atoms with E-state index in [2.05, 4.69) is 22.9 Å². The van der Waals surface area contributed by atoms with Crippen molar-refractivity contribution in [2.24, 2.45) is 0 Å². The molecule has 3 nitrogen and oxygen atoms in total. The van der Waals surface area contributed by atoms with E-state index in [4.69, 9.17) is 14.2 Å². The van der Waals surface area contributed by atoms with Crippen LogP contribution in [0.25, 0.3) is 0 Å². The number of hydrogen-bond donors (Lipinski definition) is 1. The highest BCUT2D eigenvalue weighted by Gasteiger charge is 2.21. The Labute approximate surface area is 63.5 Å². The summed E-state index contributed by atoms with van der Waals surface area (Å²) in [6, 6.07) is 0. The van der Waals surface area contributed by atoms with Crippen LogP contribution in [-0.4, -0.2) is 36.0 Å². The molecule has 0 saturated heterocycles. The lowest BCUT2D eigenvalue weighted by atomic mass is 11.1. The molecule has 0 rings (SSSR count). The van der Waals surface area contributed by atoms with Gasteiger partial charge in [0.15, 0.2) is 10.2 Å². The van der Waals surface area contributed by atoms with E-state index in [1.165, 1.54) is 14.2 Å². The van der Waals surface area contributed by atoms with Crippen molar-refractivity contribution in [2.75, 3.05) is 20.2 Å². The van der Waals surface area contributed by atoms with Crippen molar-refractivity contribution in [3.8, 4) is 0 Å². The van der Waals surface area contributed by atoms with Crippen LogP contribution in [0.5, 0.6) is 0 Å². The lowest BCUT2D eigenvalue weighted by Gasteiger charge is -2.24. The van der Waals surface area contributed by atoms with Gasteiger partial charge in [-0.3, -0.25) is 0 Å². The zero-order valence-corrected chi connectivity index (χ0v) is 7.27. The normalized spacial score (nSPS) is 12.0. The number of hydrogen-bond acceptors (Lipinski definition) is 4. The van der Waals surface area contributed by atoms with Gasteiger partial charge in [-0.2, -0.15) is 12.6 Å². The van der Waals surface area contributed by atoms with Gasteiger partial charge in [-0.05, 0) is 0 Å². The fourth-order valence-electron chi connectivity index (χ4n) is 0.286. The predicted octanol–water partition coefficient (Wildman–Crippen LogP) is -0.0371. The van der Waals surface area contributed by atoms with E-state index < -0.39 is 5.60 Å². The number of methoxy groups -OCH3 is 2. The van der Waals surface area contributed by atoms with E-state index in [1.807, 2.05) is 0 Å². The highest BCUT2D eigenvalue weighted by molar-refractivity contribution is 7.80. The third-order valence-electron chi connectivity index (χ3n) is 0.792. The molecule has 0 aliphatic carbocycles. The van der Waals surface area contributed by atoms with E-state index in [-0.39, 0.29) is 5.94 Å². The minimum atomic E-state index is -1.14. The molecule has 0 fully saturated rings. The Morgan fingerprint density at radius 2 is 1.89 bits per heavy atom. The average Bonchev–Trinajstić information content (AvgIpc) is 1.89. The number of thiol groups is 1. The second-order valence-corrected chi connectivity index (χ2v) is 2.11. The second-order valence-electron chi connectivity index (χ2n) is 1.24. The Morgan fingerprint density at radius 3 is 2.00 bits per heavy atom. The summed E-state index contributed by atoms with van der Waals surface area (Å²) in [5.74, 6) is 0.227. The Balaban J connectivity index is 3.62. The van der Waals surface area contributed by atoms with Crippen LogP contribution >= 0.6 is 12.6 Å². The Kier molecular flexibility index (Phi) is 4.51. The van der Waals surface area contributed by atoms with Crippen LogP contribution in [0.1, 0.15) is 0 Å². The highest BCUT2D eigenvalue weighted by Crippen LogP contribution is 2.07. The van der Waals surface area contributed by atoms with Crippen molar-refractivity contribution in [1.82, 2.24) is 0 Å². The van der Waals surface area contributed by atoms with E-state index in [9.17, 15) is 0 Å². The minimum Gasteiger partial charge on any atom is -0.336 e. The van der Waals surface area contributed by atoms with Gasteiger partial charge in [-0.25, -0.2) is 0 Å². The summed E-state index contributed by atoms with van der Waals surface area (Å²) in [5.41, 5.74) is -1.14. The SMILES string of the molecule is COC([Si])(OC)OCS. The molecule has 0 saturated carbocycles. The highest BCUT2D eigenvalue weighted by atomic mass is 32.1. The smallest absolute Gasteiger partial charge is 0.248 e. The predicted molar refractivity (Wildman–Crippen MR) is 37.4 cm³/mol. The van der Waals surface area contributed by atoms with Gasteiger partial charge in [0.2, 0.25) is 5.60 Å². The molecule has 53 valence electrons. The van der Waals surface area contributed by atoms with Crippen LogP contribution in [0.15, 0.2) is 0 Å². The van der Waals surface area contributed by atoms with Gasteiger partial charge in [0.1, 0.15) is 0 Å². The standard InChI is InChI=1S/C4H9O3SSi/c1-5-4(9,6-2)7-3-8/h8H,3H2,1-2H3. The summed E-state index contributed by atoms with van der Waals surface area (Å²) < 4.78 is 14.4. The molecule has 5 heteroatoms. The summed E-state index contributed by atoms with van der Waals surface area (Å²) in [6.45, 7) is 0. The first kappa shape index (κ1) is 9.45. The maximum atomic E-state index is 4.86. The number of rotatable bonds is 4. The molecule has 0 aromatic heterocycles. The third-order valence-corrected chi connectivity index (χ3v) is 1.47. The lowest BCUT2D eigenvalue weighted by Crippen LogP contribution is -2.37. The monoisotopic (exact) mass is 165 g/mol. The van der Waals surface area contributed by atoms with Crippen molar-refractivity contribution in [3.63, 3.8) is 0 Å². The molecule has 0 atom stereocenters. The molecule has 0 amide bonds. The maximum Gasteiger partial charge on any atom is 0.248 e. The summed E-state index contributed by atoms with van der Waals surface area (Å²) >= 11 is 3.81. The lowest BCUT2D eigenvalue weighted by molar-refractivity contribution is -0.295. The van der Waals surface area contributed by atoms with Gasteiger partial charge in [-0.15, -0.1) is 0 Å². The molecule has 0 spiro atoms. The molecule has 9 heavy (non-hydrogen) atoms. The summed E-state index contributed by atoms with van der Waals surface area (Å²) in [6.07, 6.45) is 0. The fourth-order valence-corrected chi connectivity index (χ4v) is 0.650. The third kappa shape index (κ3) is 3.22. The zero-order valence-electron chi connectivity index (χ0n) is 5.38. The molecule has 0 unspecified atom stereocenters. The molecule has 0 heterocycles. The van der Waals surface area contributed by atoms with Crippen molar-refractivity contribution < 1.29 is 14.2 Å². The van der Waals surface area contributed by atoms with Crippen LogP contribution < -0.4 is 0 Å². The average molecular weight is 165 g/mol. The van der Waals surface area contributed by atoms with Crippen LogP contribution in [-0.2, 0) is 14.2 Å². The topological polar surface area (TPSA) is 27.7 Å². The molecule has 0 aromatic carbocycles. The summed E-state index contributed by atoms with van der Waals surface area (Å²) in [4.78, 5) is 0. The molecular formula is C4H9O3SSi. The van der Waals surface area contributed by atoms with Crippen LogP contribution in [0.3, 0.4) is 0 Å². The van der Waals surface area contributed by atoms with Gasteiger partial charge in [0.05, 0.1) is 5.94 Å². The van der Waals surface area contributed by atoms with Gasteiger partial charge in [-0.1, -0.05) is 0 Å². The Bertz CT molecular complexity index is 76.2. The van der Waals surface area contributed by atoms with E-state index in [0.717, 1.165) is 0 Å². The Hall–Kier alpha value is 0.447. The largest absolute Gasteiger partial charge is 0.336 e. The number of ether oxygens (including phenoxy) is 3. The molecule has 0 N–H and O–H groups in total. The molecule has 0 aliphatic heterocycles. The van der Waals surface area contributed by atoms with E-state index in [1.54, 1.807) is 0 Å². The fraction of sp³-hybridized carbons (Fsp3) is 1.00.